The van der Waals surface area contributed by atoms with Gasteiger partial charge >= 0.3 is 29.6 Å². The Hall–Kier alpha value is -1.88. The number of nitrogens with zero attached hydrogens (tertiary/aromatic N) is 1. The third kappa shape index (κ3) is 3.61. The third-order valence-corrected chi connectivity index (χ3v) is 4.05. The van der Waals surface area contributed by atoms with Gasteiger partial charge in [0.15, 0.2) is 0 Å². The van der Waals surface area contributed by atoms with E-state index in [4.69, 9.17) is 0 Å². The quantitative estimate of drug-likeness (QED) is 0.571. The van der Waals surface area contributed by atoms with Gasteiger partial charge in [-0.1, -0.05) is 55.5 Å². The Balaban J connectivity index is 0.00000208. The molecule has 1 aromatic heterocycles. The SMILES string of the molecule is CC(C(=O)[O-])c1cc(=O)n(Cc2ccccc2)c2ccccc12.[Na+]. The molecule has 0 aliphatic carbocycles. The average molecular weight is 329 g/mol. The van der Waals surface area contributed by atoms with Crippen LogP contribution in [0.25, 0.3) is 10.9 Å². The second-order valence-corrected chi connectivity index (χ2v) is 5.57. The van der Waals surface area contributed by atoms with Gasteiger partial charge in [-0.15, -0.1) is 0 Å². The number of aromatic nitrogens is 1. The van der Waals surface area contributed by atoms with E-state index in [1.807, 2.05) is 54.6 Å². The van der Waals surface area contributed by atoms with Crippen LogP contribution in [0.15, 0.2) is 65.5 Å². The molecule has 3 rings (SSSR count). The number of carboxylic acids is 1. The summed E-state index contributed by atoms with van der Waals surface area (Å²) < 4.78 is 1.66. The fourth-order valence-corrected chi connectivity index (χ4v) is 2.77. The molecule has 0 fully saturated rings. The summed E-state index contributed by atoms with van der Waals surface area (Å²) in [6, 6.07) is 18.5. The van der Waals surface area contributed by atoms with Crippen LogP contribution < -0.4 is 40.2 Å². The van der Waals surface area contributed by atoms with Crippen molar-refractivity contribution in [3.05, 3.63) is 82.1 Å². The Labute approximate surface area is 162 Å². The Kier molecular flexibility index (Phi) is 5.99. The topological polar surface area (TPSA) is 62.1 Å². The number of benzene rings is 2. The first-order valence-corrected chi connectivity index (χ1v) is 7.45. The number of pyridine rings is 1. The Bertz CT molecular complexity index is 919. The van der Waals surface area contributed by atoms with E-state index in [9.17, 15) is 14.7 Å². The molecule has 0 aliphatic rings. The van der Waals surface area contributed by atoms with Crippen LogP contribution >= 0.6 is 0 Å². The first-order chi connectivity index (χ1) is 11.1. The van der Waals surface area contributed by atoms with Gasteiger partial charge in [0.25, 0.3) is 5.56 Å². The second-order valence-electron chi connectivity index (χ2n) is 5.57. The van der Waals surface area contributed by atoms with Crippen molar-refractivity contribution in [1.29, 1.82) is 0 Å². The van der Waals surface area contributed by atoms with Gasteiger partial charge in [-0.2, -0.15) is 0 Å². The van der Waals surface area contributed by atoms with Crippen molar-refractivity contribution in [3.8, 4) is 0 Å². The maximum atomic E-state index is 12.5. The molecular formula is C19H16NNaO3. The molecule has 3 aromatic rings. The molecule has 0 saturated carbocycles. The maximum absolute atomic E-state index is 12.5. The number of carboxylic acid groups (broad SMARTS) is 1. The van der Waals surface area contributed by atoms with Crippen LogP contribution in [0.5, 0.6) is 0 Å². The van der Waals surface area contributed by atoms with Crippen LogP contribution in [-0.2, 0) is 11.3 Å². The Morgan fingerprint density at radius 3 is 2.38 bits per heavy atom. The van der Waals surface area contributed by atoms with Crippen LogP contribution in [-0.4, -0.2) is 10.5 Å². The number of rotatable bonds is 4. The number of hydrogen-bond acceptors (Lipinski definition) is 3. The maximum Gasteiger partial charge on any atom is 1.00 e. The van der Waals surface area contributed by atoms with Gasteiger partial charge in [-0.3, -0.25) is 4.79 Å². The summed E-state index contributed by atoms with van der Waals surface area (Å²) in [5, 5.41) is 12.0. The minimum absolute atomic E-state index is 0. The van der Waals surface area contributed by atoms with E-state index in [1.165, 1.54) is 13.0 Å². The van der Waals surface area contributed by atoms with Crippen LogP contribution in [0.2, 0.25) is 0 Å². The molecule has 116 valence electrons. The normalized spacial score (nSPS) is 11.7. The predicted molar refractivity (Wildman–Crippen MR) is 87.2 cm³/mol. The van der Waals surface area contributed by atoms with Crippen molar-refractivity contribution in [2.75, 3.05) is 0 Å². The number of fused-ring (bicyclic) bond motifs is 1. The zero-order valence-corrected chi connectivity index (χ0v) is 15.7. The number of carbonyl (C=O) groups excluding carboxylic acids is 1. The van der Waals surface area contributed by atoms with Crippen LogP contribution in [0.3, 0.4) is 0 Å². The zero-order valence-electron chi connectivity index (χ0n) is 13.7. The number of hydrogen-bond donors (Lipinski definition) is 0. The van der Waals surface area contributed by atoms with E-state index in [1.54, 1.807) is 4.57 Å². The molecule has 0 bridgehead atoms. The van der Waals surface area contributed by atoms with Crippen molar-refractivity contribution in [2.24, 2.45) is 0 Å². The van der Waals surface area contributed by atoms with Crippen LogP contribution in [0, 0.1) is 0 Å². The van der Waals surface area contributed by atoms with E-state index in [-0.39, 0.29) is 35.1 Å². The molecule has 24 heavy (non-hydrogen) atoms. The van der Waals surface area contributed by atoms with Crippen molar-refractivity contribution in [3.63, 3.8) is 0 Å². The standard InChI is InChI=1S/C19H17NO3.Na/c1-13(19(22)23)16-11-18(21)20(12-14-7-3-2-4-8-14)17-10-6-5-9-15(16)17;/h2-11,13H,12H2,1H3,(H,22,23);/q;+1/p-1. The first-order valence-electron chi connectivity index (χ1n) is 7.45. The zero-order chi connectivity index (χ0) is 16.4. The molecule has 2 aromatic carbocycles. The van der Waals surface area contributed by atoms with Crippen LogP contribution in [0.1, 0.15) is 24.0 Å². The Morgan fingerprint density at radius 1 is 1.08 bits per heavy atom. The first kappa shape index (κ1) is 18.5. The fourth-order valence-electron chi connectivity index (χ4n) is 2.77. The van der Waals surface area contributed by atoms with Gasteiger partial charge in [0, 0.05) is 23.3 Å². The van der Waals surface area contributed by atoms with Crippen molar-refractivity contribution in [1.82, 2.24) is 4.57 Å². The van der Waals surface area contributed by atoms with Crippen molar-refractivity contribution < 1.29 is 39.5 Å². The minimum Gasteiger partial charge on any atom is -0.550 e. The number of para-hydroxylation sites is 1. The summed E-state index contributed by atoms with van der Waals surface area (Å²) in [7, 11) is 0. The smallest absolute Gasteiger partial charge is 0.550 e. The van der Waals surface area contributed by atoms with E-state index < -0.39 is 11.9 Å². The van der Waals surface area contributed by atoms with Crippen LogP contribution in [0.4, 0.5) is 0 Å². The molecule has 5 heteroatoms. The molecule has 4 nitrogen and oxygen atoms in total. The van der Waals surface area contributed by atoms with Gasteiger partial charge < -0.3 is 14.5 Å². The number of carbonyl (C=O) groups is 1. The summed E-state index contributed by atoms with van der Waals surface area (Å²) in [5.74, 6) is -2.02. The summed E-state index contributed by atoms with van der Waals surface area (Å²) in [6.07, 6.45) is 0. The number of aliphatic carboxylic acids is 1. The molecule has 0 N–H and O–H groups in total. The summed E-state index contributed by atoms with van der Waals surface area (Å²) in [4.78, 5) is 23.7. The Morgan fingerprint density at radius 2 is 1.71 bits per heavy atom. The summed E-state index contributed by atoms with van der Waals surface area (Å²) in [5.41, 5.74) is 2.03. The van der Waals surface area contributed by atoms with Gasteiger partial charge in [-0.05, 0) is 17.2 Å². The van der Waals surface area contributed by atoms with E-state index >= 15 is 0 Å². The van der Waals surface area contributed by atoms with E-state index in [2.05, 4.69) is 0 Å². The average Bonchev–Trinajstić information content (AvgIpc) is 2.57. The van der Waals surface area contributed by atoms with Gasteiger partial charge in [-0.25, -0.2) is 0 Å². The van der Waals surface area contributed by atoms with Crippen molar-refractivity contribution >= 4 is 16.9 Å². The van der Waals surface area contributed by atoms with Crippen molar-refractivity contribution in [2.45, 2.75) is 19.4 Å². The molecule has 1 atom stereocenters. The predicted octanol–water partition coefficient (Wildman–Crippen LogP) is -1.09. The summed E-state index contributed by atoms with van der Waals surface area (Å²) in [6.45, 7) is 1.98. The molecule has 0 aliphatic heterocycles. The largest absolute Gasteiger partial charge is 1.00 e. The molecular weight excluding hydrogens is 313 g/mol. The second kappa shape index (κ2) is 7.79. The monoisotopic (exact) mass is 329 g/mol. The molecule has 1 unspecified atom stereocenters. The van der Waals surface area contributed by atoms with Gasteiger partial charge in [0.1, 0.15) is 0 Å². The van der Waals surface area contributed by atoms with Gasteiger partial charge in [0.05, 0.1) is 12.1 Å². The van der Waals surface area contributed by atoms with Gasteiger partial charge in [0.2, 0.25) is 0 Å². The molecule has 0 amide bonds. The molecule has 0 radical (unpaired) electrons. The van der Waals surface area contributed by atoms with E-state index in [0.717, 1.165) is 16.5 Å². The summed E-state index contributed by atoms with van der Waals surface area (Å²) >= 11 is 0. The molecule has 1 heterocycles. The minimum atomic E-state index is -1.18. The third-order valence-electron chi connectivity index (χ3n) is 4.05. The molecule has 0 spiro atoms. The molecule has 0 saturated heterocycles. The van der Waals surface area contributed by atoms with E-state index in [0.29, 0.717) is 12.1 Å². The fraction of sp³-hybridized carbons (Fsp3) is 0.158.